The van der Waals surface area contributed by atoms with Crippen LogP contribution in [-0.2, 0) is 0 Å². The van der Waals surface area contributed by atoms with Gasteiger partial charge < -0.3 is 10.2 Å². The van der Waals surface area contributed by atoms with E-state index in [0.29, 0.717) is 22.2 Å². The molecule has 2 aromatic rings. The number of rotatable bonds is 6. The summed E-state index contributed by atoms with van der Waals surface area (Å²) in [5.74, 6) is 0.716. The van der Waals surface area contributed by atoms with Gasteiger partial charge in [0, 0.05) is 4.88 Å². The average Bonchev–Trinajstić information content (AvgIpc) is 3.15. The first-order valence-corrected chi connectivity index (χ1v) is 9.74. The van der Waals surface area contributed by atoms with Gasteiger partial charge in [-0.2, -0.15) is 0 Å². The molecule has 0 bridgehead atoms. The molecule has 5 nitrogen and oxygen atoms in total. The van der Waals surface area contributed by atoms with Gasteiger partial charge in [0.15, 0.2) is 11.4 Å². The number of nitrogens with zero attached hydrogens (tertiary/aromatic N) is 3. The van der Waals surface area contributed by atoms with Gasteiger partial charge in [-0.15, -0.1) is 21.5 Å². The molecule has 2 N–H and O–H groups in total. The van der Waals surface area contributed by atoms with E-state index in [9.17, 15) is 10.2 Å². The molecule has 1 aliphatic carbocycles. The number of aliphatic hydroxyl groups is 2. The van der Waals surface area contributed by atoms with Crippen LogP contribution in [0, 0.1) is 6.92 Å². The van der Waals surface area contributed by atoms with Gasteiger partial charge in [-0.05, 0) is 59.7 Å². The molecule has 8 heteroatoms. The SMILES string of the molecule is CCC(Sc1nnc(Br)n1-c1cc(C)c(C2CC2)s1)C(O)O. The quantitative estimate of drug-likeness (QED) is 0.570. The van der Waals surface area contributed by atoms with E-state index < -0.39 is 6.29 Å². The number of hydrogen-bond acceptors (Lipinski definition) is 6. The molecule has 1 unspecified atom stereocenters. The highest BCUT2D eigenvalue weighted by atomic mass is 79.9. The molecule has 0 amide bonds. The van der Waals surface area contributed by atoms with Crippen molar-refractivity contribution in [1.82, 2.24) is 14.8 Å². The zero-order valence-electron chi connectivity index (χ0n) is 12.4. The Morgan fingerprint density at radius 3 is 2.77 bits per heavy atom. The molecular weight excluding hydrogens is 386 g/mol. The highest BCUT2D eigenvalue weighted by molar-refractivity contribution is 9.10. The largest absolute Gasteiger partial charge is 0.367 e. The number of aliphatic hydroxyl groups excluding tert-OH is 1. The number of hydrogen-bond donors (Lipinski definition) is 2. The normalized spacial score (nSPS) is 16.5. The van der Waals surface area contributed by atoms with Crippen LogP contribution in [0.1, 0.15) is 42.5 Å². The minimum Gasteiger partial charge on any atom is -0.367 e. The van der Waals surface area contributed by atoms with Gasteiger partial charge in [0.1, 0.15) is 5.00 Å². The molecule has 1 fully saturated rings. The molecule has 0 radical (unpaired) electrons. The van der Waals surface area contributed by atoms with Gasteiger partial charge in [0.25, 0.3) is 0 Å². The summed E-state index contributed by atoms with van der Waals surface area (Å²) in [6, 6.07) is 2.16. The lowest BCUT2D eigenvalue weighted by Crippen LogP contribution is -2.21. The molecule has 0 aromatic carbocycles. The zero-order valence-corrected chi connectivity index (χ0v) is 15.6. The Hall–Kier alpha value is -0.410. The van der Waals surface area contributed by atoms with Crippen molar-refractivity contribution < 1.29 is 10.2 Å². The van der Waals surface area contributed by atoms with E-state index in [1.165, 1.54) is 35.0 Å². The summed E-state index contributed by atoms with van der Waals surface area (Å²) in [5.41, 5.74) is 1.31. The van der Waals surface area contributed by atoms with Crippen LogP contribution in [0.5, 0.6) is 0 Å². The lowest BCUT2D eigenvalue weighted by molar-refractivity contribution is -0.0404. The van der Waals surface area contributed by atoms with Crippen molar-refractivity contribution in [3.05, 3.63) is 21.2 Å². The highest BCUT2D eigenvalue weighted by Crippen LogP contribution is 2.46. The molecule has 2 heterocycles. The van der Waals surface area contributed by atoms with Gasteiger partial charge in [0.05, 0.1) is 5.25 Å². The topological polar surface area (TPSA) is 71.2 Å². The van der Waals surface area contributed by atoms with Crippen molar-refractivity contribution in [3.8, 4) is 5.00 Å². The monoisotopic (exact) mass is 403 g/mol. The van der Waals surface area contributed by atoms with E-state index in [1.807, 2.05) is 11.5 Å². The van der Waals surface area contributed by atoms with Crippen molar-refractivity contribution in [2.24, 2.45) is 0 Å². The minimum absolute atomic E-state index is 0.321. The summed E-state index contributed by atoms with van der Waals surface area (Å²) in [5, 5.41) is 28.6. The second-order valence-electron chi connectivity index (χ2n) is 5.47. The Labute approximate surface area is 145 Å². The van der Waals surface area contributed by atoms with Crippen LogP contribution in [0.25, 0.3) is 5.00 Å². The molecule has 1 aliphatic rings. The van der Waals surface area contributed by atoms with Crippen molar-refractivity contribution in [1.29, 1.82) is 0 Å². The number of thiophene rings is 1. The lowest BCUT2D eigenvalue weighted by Gasteiger charge is -2.15. The van der Waals surface area contributed by atoms with E-state index in [4.69, 9.17) is 0 Å². The van der Waals surface area contributed by atoms with Gasteiger partial charge in [0.2, 0.25) is 4.73 Å². The summed E-state index contributed by atoms with van der Waals surface area (Å²) in [6.45, 7) is 4.07. The number of thioether (sulfide) groups is 1. The van der Waals surface area contributed by atoms with E-state index in [2.05, 4.69) is 39.1 Å². The number of aryl methyl sites for hydroxylation is 1. The van der Waals surface area contributed by atoms with E-state index in [0.717, 1.165) is 5.00 Å². The Morgan fingerprint density at radius 1 is 1.45 bits per heavy atom. The molecule has 2 aromatic heterocycles. The molecule has 0 spiro atoms. The molecule has 1 saturated carbocycles. The van der Waals surface area contributed by atoms with Crippen LogP contribution in [-0.4, -0.2) is 36.5 Å². The average molecular weight is 404 g/mol. The number of aromatic nitrogens is 3. The van der Waals surface area contributed by atoms with Crippen molar-refractivity contribution >= 4 is 39.0 Å². The molecule has 0 saturated heterocycles. The van der Waals surface area contributed by atoms with Gasteiger partial charge in [-0.25, -0.2) is 0 Å². The van der Waals surface area contributed by atoms with Crippen molar-refractivity contribution in [2.75, 3.05) is 0 Å². The summed E-state index contributed by atoms with van der Waals surface area (Å²) >= 11 is 6.57. The third kappa shape index (κ3) is 3.26. The summed E-state index contributed by atoms with van der Waals surface area (Å²) < 4.78 is 2.58. The highest BCUT2D eigenvalue weighted by Gasteiger charge is 2.28. The second kappa shape index (κ2) is 6.60. The van der Waals surface area contributed by atoms with Gasteiger partial charge >= 0.3 is 0 Å². The summed E-state index contributed by atoms with van der Waals surface area (Å²) in [7, 11) is 0. The fourth-order valence-electron chi connectivity index (χ4n) is 2.34. The third-order valence-electron chi connectivity index (χ3n) is 3.70. The standard InChI is InChI=1S/C14H18BrN3O2S2/c1-3-9(12(19)20)21-14-17-16-13(15)18(14)10-6-7(2)11(22-10)8-4-5-8/h6,8-9,12,19-20H,3-5H2,1-2H3. The van der Waals surface area contributed by atoms with Crippen LogP contribution in [0.4, 0.5) is 0 Å². The Balaban J connectivity index is 1.93. The molecule has 22 heavy (non-hydrogen) atoms. The molecular formula is C14H18BrN3O2S2. The summed E-state index contributed by atoms with van der Waals surface area (Å²) in [6.07, 6.45) is 1.83. The Kier molecular flexibility index (Phi) is 4.94. The van der Waals surface area contributed by atoms with E-state index in [1.54, 1.807) is 11.3 Å². The van der Waals surface area contributed by atoms with Crippen LogP contribution < -0.4 is 0 Å². The van der Waals surface area contributed by atoms with Gasteiger partial charge in [-0.3, -0.25) is 4.57 Å². The third-order valence-corrected chi connectivity index (χ3v) is 6.95. The van der Waals surface area contributed by atoms with E-state index >= 15 is 0 Å². The van der Waals surface area contributed by atoms with Crippen LogP contribution in [0.3, 0.4) is 0 Å². The predicted molar refractivity (Wildman–Crippen MR) is 91.8 cm³/mol. The zero-order chi connectivity index (χ0) is 15.9. The maximum absolute atomic E-state index is 9.44. The van der Waals surface area contributed by atoms with Gasteiger partial charge in [-0.1, -0.05) is 18.7 Å². The van der Waals surface area contributed by atoms with Crippen LogP contribution in [0.15, 0.2) is 16.0 Å². The fraction of sp³-hybridized carbons (Fsp3) is 0.571. The first kappa shape index (κ1) is 16.4. The predicted octanol–water partition coefficient (Wildman–Crippen LogP) is 3.46. The van der Waals surface area contributed by atoms with Crippen molar-refractivity contribution in [2.45, 2.75) is 55.7 Å². The maximum atomic E-state index is 9.44. The van der Waals surface area contributed by atoms with E-state index in [-0.39, 0.29) is 5.25 Å². The first-order valence-electron chi connectivity index (χ1n) is 7.25. The Bertz CT molecular complexity index is 667. The fourth-order valence-corrected chi connectivity index (χ4v) is 5.36. The second-order valence-corrected chi connectivity index (χ2v) is 8.45. The van der Waals surface area contributed by atoms with Crippen LogP contribution in [0.2, 0.25) is 0 Å². The van der Waals surface area contributed by atoms with Crippen LogP contribution >= 0.6 is 39.0 Å². The first-order chi connectivity index (χ1) is 10.5. The Morgan fingerprint density at radius 2 is 2.18 bits per heavy atom. The molecule has 1 atom stereocenters. The molecule has 3 rings (SSSR count). The lowest BCUT2D eigenvalue weighted by atomic mass is 10.2. The summed E-state index contributed by atoms with van der Waals surface area (Å²) in [4.78, 5) is 1.45. The maximum Gasteiger partial charge on any atom is 0.206 e. The molecule has 120 valence electrons. The number of halogens is 1. The molecule has 0 aliphatic heterocycles. The smallest absolute Gasteiger partial charge is 0.206 e. The van der Waals surface area contributed by atoms with Crippen molar-refractivity contribution in [3.63, 3.8) is 0 Å². The minimum atomic E-state index is -1.37.